The molecule has 1 aliphatic rings. The molecule has 0 saturated carbocycles. The first-order valence-corrected chi connectivity index (χ1v) is 12.6. The molecule has 0 unspecified atom stereocenters. The Balaban J connectivity index is 1.38. The van der Waals surface area contributed by atoms with E-state index in [0.29, 0.717) is 21.8 Å². The van der Waals surface area contributed by atoms with Crippen molar-refractivity contribution < 1.29 is 23.5 Å². The van der Waals surface area contributed by atoms with Crippen molar-refractivity contribution in [1.82, 2.24) is 0 Å². The van der Waals surface area contributed by atoms with Gasteiger partial charge in [-0.2, -0.15) is 0 Å². The van der Waals surface area contributed by atoms with Crippen LogP contribution in [-0.4, -0.2) is 30.6 Å². The van der Waals surface area contributed by atoms with Gasteiger partial charge in [0.05, 0.1) is 18.4 Å². The number of aryl methyl sites for hydroxylation is 1. The van der Waals surface area contributed by atoms with Gasteiger partial charge in [-0.25, -0.2) is 9.18 Å². The number of thiophene rings is 1. The number of esters is 1. The molecule has 0 fully saturated rings. The van der Waals surface area contributed by atoms with E-state index in [-0.39, 0.29) is 17.6 Å². The lowest BCUT2D eigenvalue weighted by atomic mass is 9.95. The van der Waals surface area contributed by atoms with Crippen molar-refractivity contribution in [3.8, 4) is 0 Å². The number of amides is 2. The number of rotatable bonds is 7. The molecule has 0 aliphatic heterocycles. The van der Waals surface area contributed by atoms with Crippen LogP contribution >= 0.6 is 23.1 Å². The Hall–Kier alpha value is -3.17. The quantitative estimate of drug-likeness (QED) is 0.330. The predicted molar refractivity (Wildman–Crippen MR) is 132 cm³/mol. The molecule has 2 N–H and O–H groups in total. The number of anilines is 2. The molecular weight excluding hydrogens is 475 g/mol. The summed E-state index contributed by atoms with van der Waals surface area (Å²) < 4.78 is 18.0. The minimum atomic E-state index is -0.424. The highest BCUT2D eigenvalue weighted by Gasteiger charge is 2.26. The second kappa shape index (κ2) is 10.8. The third kappa shape index (κ3) is 5.66. The molecule has 6 nitrogen and oxygen atoms in total. The molecule has 1 aromatic heterocycles. The van der Waals surface area contributed by atoms with Crippen molar-refractivity contribution >= 4 is 51.6 Å². The van der Waals surface area contributed by atoms with Gasteiger partial charge >= 0.3 is 5.97 Å². The monoisotopic (exact) mass is 498 g/mol. The Bertz CT molecular complexity index is 1220. The van der Waals surface area contributed by atoms with Crippen LogP contribution in [0.4, 0.5) is 15.1 Å². The minimum Gasteiger partial charge on any atom is -0.465 e. The van der Waals surface area contributed by atoms with Gasteiger partial charge in [0.1, 0.15) is 10.8 Å². The molecule has 0 atom stereocenters. The SMILES string of the molecule is COC(=O)c1c(NC(=O)CSc2cccc(NC(=O)c3ccc(F)cc3)c2)sc2c1CCCC2. The van der Waals surface area contributed by atoms with Crippen molar-refractivity contribution in [2.24, 2.45) is 0 Å². The number of thioether (sulfide) groups is 1. The van der Waals surface area contributed by atoms with Crippen molar-refractivity contribution in [1.29, 1.82) is 0 Å². The molecule has 3 aromatic rings. The van der Waals surface area contributed by atoms with Gasteiger partial charge in [-0.1, -0.05) is 6.07 Å². The molecule has 176 valence electrons. The second-order valence-corrected chi connectivity index (χ2v) is 9.89. The van der Waals surface area contributed by atoms with Crippen LogP contribution in [0.25, 0.3) is 0 Å². The van der Waals surface area contributed by atoms with Crippen LogP contribution in [0, 0.1) is 5.82 Å². The zero-order valence-electron chi connectivity index (χ0n) is 18.5. The summed E-state index contributed by atoms with van der Waals surface area (Å²) >= 11 is 2.77. The molecule has 9 heteroatoms. The van der Waals surface area contributed by atoms with Gasteiger partial charge in [0.2, 0.25) is 5.91 Å². The first-order chi connectivity index (χ1) is 16.4. The smallest absolute Gasteiger partial charge is 0.341 e. The van der Waals surface area contributed by atoms with E-state index in [2.05, 4.69) is 10.6 Å². The van der Waals surface area contributed by atoms with E-state index >= 15 is 0 Å². The third-order valence-electron chi connectivity index (χ3n) is 5.38. The average Bonchev–Trinajstić information content (AvgIpc) is 3.20. The van der Waals surface area contributed by atoms with Crippen molar-refractivity contribution in [2.75, 3.05) is 23.5 Å². The van der Waals surface area contributed by atoms with E-state index < -0.39 is 11.8 Å². The molecule has 0 saturated heterocycles. The summed E-state index contributed by atoms with van der Waals surface area (Å²) in [7, 11) is 1.35. The Morgan fingerprint density at radius 1 is 1.06 bits per heavy atom. The largest absolute Gasteiger partial charge is 0.465 e. The number of halogens is 1. The number of hydrogen-bond donors (Lipinski definition) is 2. The standard InChI is InChI=1S/C25H23FN2O4S2/c1-32-25(31)22-19-7-2-3-8-20(19)34-24(22)28-21(29)14-33-18-6-4-5-17(13-18)27-23(30)15-9-11-16(26)12-10-15/h4-6,9-13H,2-3,7-8,14H2,1H3,(H,27,30)(H,28,29). The fourth-order valence-corrected chi connectivity index (χ4v) is 5.80. The van der Waals surface area contributed by atoms with Crippen LogP contribution in [0.15, 0.2) is 53.4 Å². The number of carbonyl (C=O) groups is 3. The number of benzene rings is 2. The molecular formula is C25H23FN2O4S2. The fourth-order valence-electron chi connectivity index (χ4n) is 3.75. The topological polar surface area (TPSA) is 84.5 Å². The lowest BCUT2D eigenvalue weighted by Gasteiger charge is -2.11. The minimum absolute atomic E-state index is 0.137. The van der Waals surface area contributed by atoms with E-state index in [4.69, 9.17) is 4.74 Å². The molecule has 1 aliphatic carbocycles. The number of nitrogens with one attached hydrogen (secondary N) is 2. The van der Waals surface area contributed by atoms with Crippen LogP contribution in [0.1, 0.15) is 44.0 Å². The lowest BCUT2D eigenvalue weighted by Crippen LogP contribution is -2.16. The van der Waals surface area contributed by atoms with Crippen LogP contribution < -0.4 is 10.6 Å². The maximum absolute atomic E-state index is 13.1. The summed E-state index contributed by atoms with van der Waals surface area (Å²) in [6.45, 7) is 0. The van der Waals surface area contributed by atoms with Gasteiger partial charge in [-0.15, -0.1) is 23.1 Å². The van der Waals surface area contributed by atoms with Gasteiger partial charge < -0.3 is 15.4 Å². The van der Waals surface area contributed by atoms with E-state index in [0.717, 1.165) is 41.0 Å². The second-order valence-electron chi connectivity index (χ2n) is 7.73. The van der Waals surface area contributed by atoms with Crippen molar-refractivity contribution in [3.63, 3.8) is 0 Å². The zero-order chi connectivity index (χ0) is 24.1. The first kappa shape index (κ1) is 24.0. The first-order valence-electron chi connectivity index (χ1n) is 10.8. The van der Waals surface area contributed by atoms with Gasteiger partial charge in [-0.05, 0) is 73.7 Å². The van der Waals surface area contributed by atoms with E-state index in [9.17, 15) is 18.8 Å². The summed E-state index contributed by atoms with van der Waals surface area (Å²) in [4.78, 5) is 39.3. The van der Waals surface area contributed by atoms with E-state index in [1.54, 1.807) is 18.2 Å². The number of ether oxygens (including phenoxy) is 1. The molecule has 34 heavy (non-hydrogen) atoms. The maximum atomic E-state index is 13.1. The highest BCUT2D eigenvalue weighted by Crippen LogP contribution is 2.38. The summed E-state index contributed by atoms with van der Waals surface area (Å²) in [5, 5.41) is 6.20. The highest BCUT2D eigenvalue weighted by molar-refractivity contribution is 8.00. The Labute approximate surface area is 204 Å². The lowest BCUT2D eigenvalue weighted by molar-refractivity contribution is -0.113. The fraction of sp³-hybridized carbons (Fsp3) is 0.240. The number of carbonyl (C=O) groups excluding carboxylic acids is 3. The summed E-state index contributed by atoms with van der Waals surface area (Å²) in [5.41, 5.74) is 2.39. The number of hydrogen-bond acceptors (Lipinski definition) is 6. The zero-order valence-corrected chi connectivity index (χ0v) is 20.1. The maximum Gasteiger partial charge on any atom is 0.341 e. The molecule has 2 amide bonds. The van der Waals surface area contributed by atoms with Crippen LogP contribution in [0.2, 0.25) is 0 Å². The Morgan fingerprint density at radius 3 is 2.59 bits per heavy atom. The highest BCUT2D eigenvalue weighted by atomic mass is 32.2. The van der Waals surface area contributed by atoms with Crippen LogP contribution in [-0.2, 0) is 22.4 Å². The molecule has 0 radical (unpaired) electrons. The summed E-state index contributed by atoms with van der Waals surface area (Å²) in [6.07, 6.45) is 3.82. The van der Waals surface area contributed by atoms with E-state index in [1.165, 1.54) is 54.5 Å². The van der Waals surface area contributed by atoms with Crippen molar-refractivity contribution in [2.45, 2.75) is 30.6 Å². The van der Waals surface area contributed by atoms with Gasteiger partial charge in [-0.3, -0.25) is 9.59 Å². The number of fused-ring (bicyclic) bond motifs is 1. The average molecular weight is 499 g/mol. The van der Waals surface area contributed by atoms with Gasteiger partial charge in [0.25, 0.3) is 5.91 Å². The molecule has 4 rings (SSSR count). The Morgan fingerprint density at radius 2 is 1.82 bits per heavy atom. The van der Waals surface area contributed by atoms with E-state index in [1.807, 2.05) is 6.07 Å². The molecule has 0 bridgehead atoms. The predicted octanol–water partition coefficient (Wildman–Crippen LogP) is 5.54. The number of methoxy groups -OCH3 is 1. The molecule has 1 heterocycles. The third-order valence-corrected chi connectivity index (χ3v) is 7.58. The molecule has 0 spiro atoms. The van der Waals surface area contributed by atoms with Gasteiger partial charge in [0.15, 0.2) is 0 Å². The van der Waals surface area contributed by atoms with Crippen LogP contribution in [0.3, 0.4) is 0 Å². The van der Waals surface area contributed by atoms with Gasteiger partial charge in [0, 0.05) is 21.0 Å². The Kier molecular flexibility index (Phi) is 7.64. The summed E-state index contributed by atoms with van der Waals surface area (Å²) in [5.74, 6) is -1.27. The van der Waals surface area contributed by atoms with Crippen LogP contribution in [0.5, 0.6) is 0 Å². The summed E-state index contributed by atoms with van der Waals surface area (Å²) in [6, 6.07) is 12.4. The normalized spacial score (nSPS) is 12.5. The molecule has 2 aromatic carbocycles. The van der Waals surface area contributed by atoms with Crippen molar-refractivity contribution in [3.05, 3.63) is 75.9 Å².